The maximum Gasteiger partial charge on any atom is 0.304 e. The van der Waals surface area contributed by atoms with Crippen molar-refractivity contribution in [3.8, 4) is 0 Å². The van der Waals surface area contributed by atoms with Gasteiger partial charge in [0.25, 0.3) is 0 Å². The van der Waals surface area contributed by atoms with Gasteiger partial charge < -0.3 is 9.63 Å². The zero-order valence-electron chi connectivity index (χ0n) is 9.58. The van der Waals surface area contributed by atoms with Crippen LogP contribution < -0.4 is 0 Å². The summed E-state index contributed by atoms with van der Waals surface area (Å²) < 4.78 is 29.3. The summed E-state index contributed by atoms with van der Waals surface area (Å²) in [7, 11) is -2.22. The Balaban J connectivity index is 2.64. The van der Waals surface area contributed by atoms with E-state index in [1.165, 1.54) is 13.1 Å². The van der Waals surface area contributed by atoms with Gasteiger partial charge in [0.15, 0.2) is 5.76 Å². The Morgan fingerprint density at radius 3 is 2.71 bits per heavy atom. The molecule has 7 nitrogen and oxygen atoms in total. The van der Waals surface area contributed by atoms with Gasteiger partial charge in [-0.15, -0.1) is 0 Å². The van der Waals surface area contributed by atoms with E-state index in [0.717, 1.165) is 4.31 Å². The van der Waals surface area contributed by atoms with Crippen molar-refractivity contribution in [1.82, 2.24) is 9.46 Å². The van der Waals surface area contributed by atoms with Gasteiger partial charge >= 0.3 is 5.97 Å². The molecule has 17 heavy (non-hydrogen) atoms. The zero-order chi connectivity index (χ0) is 13.1. The van der Waals surface area contributed by atoms with Gasteiger partial charge in [0.2, 0.25) is 10.0 Å². The predicted octanol–water partition coefficient (Wildman–Crippen LogP) is 0.219. The average Bonchev–Trinajstić information content (AvgIpc) is 2.59. The smallest absolute Gasteiger partial charge is 0.304 e. The second-order valence-electron chi connectivity index (χ2n) is 3.66. The predicted molar refractivity (Wildman–Crippen MR) is 58.7 cm³/mol. The fraction of sp³-hybridized carbons (Fsp3) is 0.556. The molecule has 0 amide bonds. The molecule has 0 aromatic carbocycles. The number of aromatic nitrogens is 1. The number of rotatable bonds is 6. The molecule has 0 saturated carbocycles. The second-order valence-corrected chi connectivity index (χ2v) is 5.73. The van der Waals surface area contributed by atoms with Crippen LogP contribution >= 0.6 is 0 Å². The lowest BCUT2D eigenvalue weighted by Gasteiger charge is -2.14. The molecule has 0 radical (unpaired) electrons. The van der Waals surface area contributed by atoms with E-state index in [1.54, 1.807) is 6.92 Å². The molecular weight excluding hydrogens is 248 g/mol. The van der Waals surface area contributed by atoms with Gasteiger partial charge in [-0.3, -0.25) is 4.79 Å². The third kappa shape index (κ3) is 4.16. The van der Waals surface area contributed by atoms with E-state index in [0.29, 0.717) is 5.69 Å². The number of carboxylic acid groups (broad SMARTS) is 1. The Morgan fingerprint density at radius 1 is 1.59 bits per heavy atom. The summed E-state index contributed by atoms with van der Waals surface area (Å²) in [4.78, 5) is 10.3. The van der Waals surface area contributed by atoms with Gasteiger partial charge in [0, 0.05) is 19.7 Å². The normalized spacial score (nSPS) is 11.9. The van der Waals surface area contributed by atoms with Gasteiger partial charge in [-0.2, -0.15) is 0 Å². The number of aliphatic carboxylic acids is 1. The molecule has 0 unspecified atom stereocenters. The van der Waals surface area contributed by atoms with Crippen LogP contribution in [0.5, 0.6) is 0 Å². The van der Waals surface area contributed by atoms with Gasteiger partial charge in [-0.05, 0) is 6.92 Å². The Morgan fingerprint density at radius 2 is 2.24 bits per heavy atom. The summed E-state index contributed by atoms with van der Waals surface area (Å²) >= 11 is 0. The van der Waals surface area contributed by atoms with Crippen LogP contribution in [-0.4, -0.2) is 42.5 Å². The highest BCUT2D eigenvalue weighted by Crippen LogP contribution is 2.10. The topological polar surface area (TPSA) is 101 Å². The van der Waals surface area contributed by atoms with Gasteiger partial charge in [-0.25, -0.2) is 12.7 Å². The molecule has 96 valence electrons. The highest BCUT2D eigenvalue weighted by Gasteiger charge is 2.21. The maximum absolute atomic E-state index is 11.8. The van der Waals surface area contributed by atoms with Crippen LogP contribution in [-0.2, 0) is 20.6 Å². The zero-order valence-corrected chi connectivity index (χ0v) is 10.4. The lowest BCUT2D eigenvalue weighted by molar-refractivity contribution is -0.137. The van der Waals surface area contributed by atoms with E-state index in [1.807, 2.05) is 0 Å². The summed E-state index contributed by atoms with van der Waals surface area (Å²) in [6, 6.07) is 1.53. The van der Waals surface area contributed by atoms with E-state index in [4.69, 9.17) is 9.63 Å². The summed E-state index contributed by atoms with van der Waals surface area (Å²) in [5.74, 6) is -1.11. The molecule has 1 aromatic rings. The molecule has 1 rings (SSSR count). The van der Waals surface area contributed by atoms with E-state index in [-0.39, 0.29) is 24.5 Å². The Hall–Kier alpha value is -1.41. The number of hydrogen-bond donors (Lipinski definition) is 1. The standard InChI is InChI=1S/C9H14N2O5S/c1-7-5-8(16-10-7)6-17(14,15)11(2)4-3-9(12)13/h5H,3-4,6H2,1-2H3,(H,12,13). The highest BCUT2D eigenvalue weighted by atomic mass is 32.2. The minimum absolute atomic E-state index is 0.0647. The Labute approximate surface area is 99.1 Å². The number of carboxylic acids is 1. The van der Waals surface area contributed by atoms with Crippen molar-refractivity contribution in [2.24, 2.45) is 0 Å². The van der Waals surface area contributed by atoms with E-state index < -0.39 is 16.0 Å². The molecule has 1 heterocycles. The molecule has 0 saturated heterocycles. The fourth-order valence-corrected chi connectivity index (χ4v) is 2.25. The summed E-state index contributed by atoms with van der Waals surface area (Å²) in [5, 5.41) is 12.1. The summed E-state index contributed by atoms with van der Waals surface area (Å²) in [6.07, 6.45) is -0.231. The number of aryl methyl sites for hydroxylation is 1. The highest BCUT2D eigenvalue weighted by molar-refractivity contribution is 7.88. The SMILES string of the molecule is Cc1cc(CS(=O)(=O)N(C)CCC(=O)O)on1. The molecule has 0 fully saturated rings. The summed E-state index contributed by atoms with van der Waals surface area (Å²) in [5.41, 5.74) is 0.600. The van der Waals surface area contributed by atoms with Crippen molar-refractivity contribution >= 4 is 16.0 Å². The molecule has 0 aliphatic carbocycles. The van der Waals surface area contributed by atoms with Crippen molar-refractivity contribution in [2.45, 2.75) is 19.1 Å². The minimum Gasteiger partial charge on any atom is -0.481 e. The first-order valence-corrected chi connectivity index (χ1v) is 6.50. The van der Waals surface area contributed by atoms with Crippen LogP contribution in [0.4, 0.5) is 0 Å². The third-order valence-corrected chi connectivity index (χ3v) is 3.90. The van der Waals surface area contributed by atoms with Crippen molar-refractivity contribution in [2.75, 3.05) is 13.6 Å². The Bertz CT molecular complexity index is 493. The monoisotopic (exact) mass is 262 g/mol. The molecule has 0 bridgehead atoms. The minimum atomic E-state index is -3.56. The van der Waals surface area contributed by atoms with Crippen molar-refractivity contribution < 1.29 is 22.8 Å². The lowest BCUT2D eigenvalue weighted by Crippen LogP contribution is -2.30. The van der Waals surface area contributed by atoms with E-state index in [2.05, 4.69) is 5.16 Å². The number of sulfonamides is 1. The quantitative estimate of drug-likeness (QED) is 0.787. The molecule has 0 spiro atoms. The first-order chi connectivity index (χ1) is 7.81. The third-order valence-electron chi connectivity index (χ3n) is 2.12. The van der Waals surface area contributed by atoms with Crippen LogP contribution in [0.15, 0.2) is 10.6 Å². The number of hydrogen-bond acceptors (Lipinski definition) is 5. The largest absolute Gasteiger partial charge is 0.481 e. The van der Waals surface area contributed by atoms with Gasteiger partial charge in [0.1, 0.15) is 5.75 Å². The first kappa shape index (κ1) is 13.7. The second kappa shape index (κ2) is 5.28. The van der Waals surface area contributed by atoms with Crippen LogP contribution in [0.3, 0.4) is 0 Å². The Kier molecular flexibility index (Phi) is 4.24. The van der Waals surface area contributed by atoms with Crippen molar-refractivity contribution in [1.29, 1.82) is 0 Å². The first-order valence-electron chi connectivity index (χ1n) is 4.89. The number of nitrogens with zero attached hydrogens (tertiary/aromatic N) is 2. The van der Waals surface area contributed by atoms with Crippen LogP contribution in [0, 0.1) is 6.92 Å². The van der Waals surface area contributed by atoms with Crippen LogP contribution in [0.1, 0.15) is 17.9 Å². The van der Waals surface area contributed by atoms with Crippen molar-refractivity contribution in [3.63, 3.8) is 0 Å². The van der Waals surface area contributed by atoms with Gasteiger partial charge in [0.05, 0.1) is 12.1 Å². The van der Waals surface area contributed by atoms with Crippen LogP contribution in [0.25, 0.3) is 0 Å². The summed E-state index contributed by atoms with van der Waals surface area (Å²) in [6.45, 7) is 1.62. The fourth-order valence-electron chi connectivity index (χ4n) is 1.17. The molecule has 1 N–H and O–H groups in total. The van der Waals surface area contributed by atoms with Gasteiger partial charge in [-0.1, -0.05) is 5.16 Å². The van der Waals surface area contributed by atoms with E-state index in [9.17, 15) is 13.2 Å². The molecule has 0 atom stereocenters. The number of carbonyl (C=O) groups is 1. The molecule has 0 aliphatic heterocycles. The van der Waals surface area contributed by atoms with E-state index >= 15 is 0 Å². The van der Waals surface area contributed by atoms with Crippen molar-refractivity contribution in [3.05, 3.63) is 17.5 Å². The molecule has 0 aliphatic rings. The lowest BCUT2D eigenvalue weighted by atomic mass is 10.4. The molecule has 1 aromatic heterocycles. The molecular formula is C9H14N2O5S. The molecule has 8 heteroatoms. The average molecular weight is 262 g/mol. The maximum atomic E-state index is 11.8. The van der Waals surface area contributed by atoms with Crippen LogP contribution in [0.2, 0.25) is 0 Å².